The molecule has 0 saturated heterocycles. The van der Waals surface area contributed by atoms with Crippen molar-refractivity contribution < 1.29 is 4.79 Å². The molecular weight excluding hydrogens is 208 g/mol. The zero-order valence-electron chi connectivity index (χ0n) is 9.62. The number of nitrogens with zero attached hydrogens (tertiary/aromatic N) is 2. The molecule has 0 N–H and O–H groups in total. The van der Waals surface area contributed by atoms with E-state index in [9.17, 15) is 4.79 Å². The Bertz CT molecular complexity index is 322. The Morgan fingerprint density at radius 1 is 1.53 bits per heavy atom. The third kappa shape index (κ3) is 3.63. The third-order valence-electron chi connectivity index (χ3n) is 2.26. The molecule has 0 unspecified atom stereocenters. The minimum Gasteiger partial charge on any atom is -0.351 e. The molecule has 0 fully saturated rings. The minimum atomic E-state index is 0.0979. The van der Waals surface area contributed by atoms with E-state index in [0.29, 0.717) is 0 Å². The molecule has 0 aromatic carbocycles. The summed E-state index contributed by atoms with van der Waals surface area (Å²) >= 11 is 1.47. The van der Waals surface area contributed by atoms with Gasteiger partial charge in [0.1, 0.15) is 0 Å². The molecule has 0 spiro atoms. The Morgan fingerprint density at radius 3 is 2.80 bits per heavy atom. The lowest BCUT2D eigenvalue weighted by molar-refractivity contribution is 0.102. The maximum atomic E-state index is 11.1. The van der Waals surface area contributed by atoms with Crippen LogP contribution in [0.15, 0.2) is 6.20 Å². The van der Waals surface area contributed by atoms with Crippen molar-refractivity contribution in [2.45, 2.75) is 33.1 Å². The van der Waals surface area contributed by atoms with Crippen molar-refractivity contribution in [2.24, 2.45) is 0 Å². The second-order valence-electron chi connectivity index (χ2n) is 3.69. The quantitative estimate of drug-likeness (QED) is 0.552. The van der Waals surface area contributed by atoms with E-state index < -0.39 is 0 Å². The van der Waals surface area contributed by atoms with Crippen molar-refractivity contribution in [2.75, 3.05) is 18.5 Å². The predicted octanol–water partition coefficient (Wildman–Crippen LogP) is 2.97. The van der Waals surface area contributed by atoms with Crippen LogP contribution in [-0.2, 0) is 0 Å². The molecule has 0 atom stereocenters. The van der Waals surface area contributed by atoms with Gasteiger partial charge in [-0.15, -0.1) is 0 Å². The number of aromatic nitrogens is 1. The zero-order valence-corrected chi connectivity index (χ0v) is 10.4. The first kappa shape index (κ1) is 12.2. The lowest BCUT2D eigenvalue weighted by Gasteiger charge is -2.14. The van der Waals surface area contributed by atoms with Gasteiger partial charge < -0.3 is 4.90 Å². The van der Waals surface area contributed by atoms with Crippen LogP contribution in [0.3, 0.4) is 0 Å². The number of carbonyl (C=O) groups excluding carboxylic acids is 1. The number of ketones is 1. The number of hydrogen-bond donors (Lipinski definition) is 0. The Hall–Kier alpha value is -0.900. The van der Waals surface area contributed by atoms with E-state index in [1.807, 2.05) is 7.05 Å². The van der Waals surface area contributed by atoms with Gasteiger partial charge in [-0.2, -0.15) is 0 Å². The lowest BCUT2D eigenvalue weighted by Crippen LogP contribution is -2.17. The van der Waals surface area contributed by atoms with E-state index in [1.54, 1.807) is 13.1 Å². The van der Waals surface area contributed by atoms with Crippen LogP contribution in [0.5, 0.6) is 0 Å². The third-order valence-corrected chi connectivity index (χ3v) is 3.48. The summed E-state index contributed by atoms with van der Waals surface area (Å²) in [6.45, 7) is 4.78. The van der Waals surface area contributed by atoms with E-state index in [2.05, 4.69) is 16.8 Å². The van der Waals surface area contributed by atoms with Crippen LogP contribution < -0.4 is 4.90 Å². The lowest BCUT2D eigenvalue weighted by atomic mass is 10.2. The smallest absolute Gasteiger partial charge is 0.185 e. The first-order chi connectivity index (χ1) is 7.15. The highest BCUT2D eigenvalue weighted by molar-refractivity contribution is 7.17. The van der Waals surface area contributed by atoms with E-state index >= 15 is 0 Å². The van der Waals surface area contributed by atoms with E-state index in [1.165, 1.54) is 30.6 Å². The summed E-state index contributed by atoms with van der Waals surface area (Å²) in [6, 6.07) is 0. The largest absolute Gasteiger partial charge is 0.351 e. The summed E-state index contributed by atoms with van der Waals surface area (Å²) in [5.74, 6) is 0.0979. The molecule has 0 aliphatic heterocycles. The van der Waals surface area contributed by atoms with Gasteiger partial charge in [0.05, 0.1) is 11.1 Å². The summed E-state index contributed by atoms with van der Waals surface area (Å²) in [5.41, 5.74) is 0. The molecule has 1 rings (SSSR count). The fourth-order valence-corrected chi connectivity index (χ4v) is 2.10. The van der Waals surface area contributed by atoms with Crippen LogP contribution >= 0.6 is 11.3 Å². The molecule has 0 radical (unpaired) electrons. The second-order valence-corrected chi connectivity index (χ2v) is 4.70. The standard InChI is InChI=1S/C11H18N2OS/c1-4-5-6-7-13(3)11-12-8-10(15-11)9(2)14/h8H,4-7H2,1-3H3. The topological polar surface area (TPSA) is 33.2 Å². The van der Waals surface area contributed by atoms with E-state index in [4.69, 9.17) is 0 Å². The van der Waals surface area contributed by atoms with Crippen molar-refractivity contribution in [3.05, 3.63) is 11.1 Å². The van der Waals surface area contributed by atoms with Gasteiger partial charge in [-0.05, 0) is 6.42 Å². The van der Waals surface area contributed by atoms with Gasteiger partial charge in [-0.1, -0.05) is 31.1 Å². The molecule has 0 aliphatic rings. The van der Waals surface area contributed by atoms with Crippen molar-refractivity contribution in [3.8, 4) is 0 Å². The Balaban J connectivity index is 2.50. The average Bonchev–Trinajstić information content (AvgIpc) is 2.66. The summed E-state index contributed by atoms with van der Waals surface area (Å²) in [6.07, 6.45) is 5.32. The molecule has 15 heavy (non-hydrogen) atoms. The molecule has 0 aliphatic carbocycles. The summed E-state index contributed by atoms with van der Waals surface area (Å²) in [5, 5.41) is 0.941. The van der Waals surface area contributed by atoms with Gasteiger partial charge in [-0.25, -0.2) is 4.98 Å². The number of carbonyl (C=O) groups is 1. The maximum Gasteiger partial charge on any atom is 0.185 e. The summed E-state index contributed by atoms with van der Waals surface area (Å²) in [7, 11) is 2.03. The van der Waals surface area contributed by atoms with Gasteiger partial charge in [0.15, 0.2) is 10.9 Å². The van der Waals surface area contributed by atoms with E-state index in [-0.39, 0.29) is 5.78 Å². The van der Waals surface area contributed by atoms with Crippen LogP contribution in [-0.4, -0.2) is 24.4 Å². The summed E-state index contributed by atoms with van der Waals surface area (Å²) in [4.78, 5) is 18.2. The van der Waals surface area contributed by atoms with Crippen LogP contribution in [0.25, 0.3) is 0 Å². The Labute approximate surface area is 95.1 Å². The molecule has 0 bridgehead atoms. The molecular formula is C11H18N2OS. The van der Waals surface area contributed by atoms with Crippen LogP contribution in [0.4, 0.5) is 5.13 Å². The van der Waals surface area contributed by atoms with Gasteiger partial charge in [-0.3, -0.25) is 4.79 Å². The minimum absolute atomic E-state index is 0.0979. The predicted molar refractivity (Wildman–Crippen MR) is 64.9 cm³/mol. The average molecular weight is 226 g/mol. The number of anilines is 1. The molecule has 84 valence electrons. The summed E-state index contributed by atoms with van der Waals surface area (Å²) < 4.78 is 0. The fourth-order valence-electron chi connectivity index (χ4n) is 1.30. The van der Waals surface area contributed by atoms with Crippen molar-refractivity contribution in [3.63, 3.8) is 0 Å². The van der Waals surface area contributed by atoms with Gasteiger partial charge >= 0.3 is 0 Å². The first-order valence-corrected chi connectivity index (χ1v) is 6.14. The van der Waals surface area contributed by atoms with Crippen molar-refractivity contribution >= 4 is 22.3 Å². The van der Waals surface area contributed by atoms with Crippen LogP contribution in [0, 0.1) is 0 Å². The number of thiazole rings is 1. The van der Waals surface area contributed by atoms with Crippen LogP contribution in [0.2, 0.25) is 0 Å². The number of Topliss-reactive ketones (excluding diaryl/α,β-unsaturated/α-hetero) is 1. The molecule has 1 aromatic heterocycles. The zero-order chi connectivity index (χ0) is 11.3. The van der Waals surface area contributed by atoms with Crippen LogP contribution in [0.1, 0.15) is 42.8 Å². The van der Waals surface area contributed by atoms with Crippen molar-refractivity contribution in [1.82, 2.24) is 4.98 Å². The Kier molecular flexibility index (Phi) is 4.75. The second kappa shape index (κ2) is 5.85. The number of unbranched alkanes of at least 4 members (excludes halogenated alkanes) is 2. The highest BCUT2D eigenvalue weighted by Gasteiger charge is 2.08. The first-order valence-electron chi connectivity index (χ1n) is 5.33. The van der Waals surface area contributed by atoms with E-state index in [0.717, 1.165) is 16.6 Å². The maximum absolute atomic E-state index is 11.1. The Morgan fingerprint density at radius 2 is 2.27 bits per heavy atom. The highest BCUT2D eigenvalue weighted by Crippen LogP contribution is 2.21. The number of hydrogen-bond acceptors (Lipinski definition) is 4. The van der Waals surface area contributed by atoms with Gasteiger partial charge in [0.2, 0.25) is 0 Å². The number of rotatable bonds is 6. The monoisotopic (exact) mass is 226 g/mol. The van der Waals surface area contributed by atoms with Crippen molar-refractivity contribution in [1.29, 1.82) is 0 Å². The molecule has 1 aromatic rings. The molecule has 0 saturated carbocycles. The van der Waals surface area contributed by atoms with Gasteiger partial charge in [0, 0.05) is 20.5 Å². The highest BCUT2D eigenvalue weighted by atomic mass is 32.1. The molecule has 1 heterocycles. The SMILES string of the molecule is CCCCCN(C)c1ncc(C(C)=O)s1. The normalized spacial score (nSPS) is 10.3. The molecule has 0 amide bonds. The molecule has 3 nitrogen and oxygen atoms in total. The fraction of sp³-hybridized carbons (Fsp3) is 0.636. The molecule has 4 heteroatoms. The van der Waals surface area contributed by atoms with Gasteiger partial charge in [0.25, 0.3) is 0 Å².